The highest BCUT2D eigenvalue weighted by molar-refractivity contribution is 7.89. The first kappa shape index (κ1) is 23.5. The summed E-state index contributed by atoms with van der Waals surface area (Å²) in [6.07, 6.45) is -4.50. The number of thiazole rings is 1. The molecule has 176 valence electrons. The molecule has 0 unspecified atom stereocenters. The molecule has 4 rings (SSSR count). The summed E-state index contributed by atoms with van der Waals surface area (Å²) < 4.78 is 67.5. The maximum absolute atomic E-state index is 13.1. The number of carbonyl (C=O) groups is 1. The van der Waals surface area contributed by atoms with E-state index in [4.69, 9.17) is 0 Å². The third-order valence-electron chi connectivity index (χ3n) is 5.63. The molecule has 1 aromatic heterocycles. The van der Waals surface area contributed by atoms with Gasteiger partial charge in [-0.3, -0.25) is 9.59 Å². The number of fused-ring (bicyclic) bond motifs is 1. The number of rotatable bonds is 4. The number of carbonyl (C=O) groups excluding carboxylic acids is 1. The van der Waals surface area contributed by atoms with Gasteiger partial charge in [-0.1, -0.05) is 23.5 Å². The fourth-order valence-electron chi connectivity index (χ4n) is 3.70. The monoisotopic (exact) mass is 499 g/mol. The summed E-state index contributed by atoms with van der Waals surface area (Å²) in [7, 11) is -2.18. The summed E-state index contributed by atoms with van der Waals surface area (Å²) in [4.78, 5) is 25.8. The maximum atomic E-state index is 13.1. The maximum Gasteiger partial charge on any atom is 0.416 e. The Bertz CT molecular complexity index is 1350. The summed E-state index contributed by atoms with van der Waals surface area (Å²) in [6.45, 7) is 0.563. The summed E-state index contributed by atoms with van der Waals surface area (Å²) >= 11 is 0.972. The lowest BCUT2D eigenvalue weighted by Crippen LogP contribution is -2.50. The third-order valence-corrected chi connectivity index (χ3v) is 8.52. The lowest BCUT2D eigenvalue weighted by molar-refractivity contribution is -0.137. The molecule has 1 aliphatic heterocycles. The minimum atomic E-state index is -4.44. The number of nitrogens with zero attached hydrogens (tertiary/aromatic N) is 3. The molecule has 0 radical (unpaired) electrons. The molecule has 1 aliphatic rings. The molecule has 33 heavy (non-hydrogen) atoms. The van der Waals surface area contributed by atoms with Gasteiger partial charge < -0.3 is 9.47 Å². The lowest BCUT2D eigenvalue weighted by atomic mass is 10.1. The molecule has 2 aromatic carbocycles. The van der Waals surface area contributed by atoms with E-state index in [0.717, 1.165) is 23.5 Å². The number of hydrogen-bond donors (Lipinski definition) is 0. The highest BCUT2D eigenvalue weighted by Gasteiger charge is 2.32. The first-order valence-corrected chi connectivity index (χ1v) is 12.3. The number of aromatic nitrogens is 1. The molecule has 3 aromatic rings. The zero-order chi connectivity index (χ0) is 24.0. The number of amides is 1. The summed E-state index contributed by atoms with van der Waals surface area (Å²) in [5.74, 6) is -0.276. The molecule has 0 atom stereocenters. The second kappa shape index (κ2) is 8.58. The molecule has 0 N–H and O–H groups in total. The van der Waals surface area contributed by atoms with Gasteiger partial charge in [-0.05, 0) is 35.9 Å². The van der Waals surface area contributed by atoms with Crippen molar-refractivity contribution in [3.63, 3.8) is 0 Å². The fraction of sp³-hybridized carbons (Fsp3) is 0.333. The van der Waals surface area contributed by atoms with Gasteiger partial charge in [0.2, 0.25) is 15.9 Å². The Kier molecular flexibility index (Phi) is 6.10. The average molecular weight is 500 g/mol. The van der Waals surface area contributed by atoms with Crippen molar-refractivity contribution in [3.05, 3.63) is 63.3 Å². The number of halogens is 3. The first-order valence-electron chi connectivity index (χ1n) is 10.0. The van der Waals surface area contributed by atoms with Gasteiger partial charge in [-0.2, -0.15) is 17.5 Å². The predicted octanol–water partition coefficient (Wildman–Crippen LogP) is 2.69. The van der Waals surface area contributed by atoms with E-state index in [2.05, 4.69) is 0 Å². The van der Waals surface area contributed by atoms with Crippen molar-refractivity contribution < 1.29 is 26.4 Å². The molecule has 0 spiro atoms. The van der Waals surface area contributed by atoms with Crippen molar-refractivity contribution in [1.82, 2.24) is 13.8 Å². The molecule has 0 aliphatic carbocycles. The van der Waals surface area contributed by atoms with Crippen LogP contribution in [0.2, 0.25) is 0 Å². The molecule has 1 amide bonds. The number of alkyl halides is 3. The Morgan fingerprint density at radius 3 is 2.27 bits per heavy atom. The molecule has 0 saturated carbocycles. The molecule has 0 bridgehead atoms. The van der Waals surface area contributed by atoms with E-state index in [1.165, 1.54) is 38.0 Å². The fourth-order valence-corrected chi connectivity index (χ4v) is 6.14. The molecular formula is C21H20F3N3O4S2. The first-order chi connectivity index (χ1) is 15.5. The molecule has 7 nitrogen and oxygen atoms in total. The van der Waals surface area contributed by atoms with E-state index >= 15 is 0 Å². The normalized spacial score (nSPS) is 15.8. The van der Waals surface area contributed by atoms with Crippen LogP contribution in [0.3, 0.4) is 0 Å². The molecule has 1 fully saturated rings. The number of piperazine rings is 1. The smallest absolute Gasteiger partial charge is 0.340 e. The van der Waals surface area contributed by atoms with Crippen LogP contribution in [0.4, 0.5) is 13.2 Å². The van der Waals surface area contributed by atoms with Gasteiger partial charge in [-0.25, -0.2) is 8.42 Å². The SMILES string of the molecule is Cn1c(=O)sc2cc(S(=O)(=O)N3CCN(C(=O)Cc4ccc(C(F)(F)F)cc4)CC3)ccc21. The Morgan fingerprint density at radius 1 is 1.03 bits per heavy atom. The van der Waals surface area contributed by atoms with E-state index in [9.17, 15) is 31.2 Å². The van der Waals surface area contributed by atoms with Crippen molar-refractivity contribution in [2.24, 2.45) is 7.05 Å². The van der Waals surface area contributed by atoms with Crippen molar-refractivity contribution in [3.8, 4) is 0 Å². The third kappa shape index (κ3) is 4.68. The standard InChI is InChI=1S/C21H20F3N3O4S2/c1-25-17-7-6-16(13-18(17)32-20(25)29)33(30,31)27-10-8-26(9-11-27)19(28)12-14-2-4-15(5-3-14)21(22,23)24/h2-7,13H,8-12H2,1H3. The van der Waals surface area contributed by atoms with Crippen LogP contribution in [-0.4, -0.2) is 54.3 Å². The topological polar surface area (TPSA) is 79.7 Å². The highest BCUT2D eigenvalue weighted by atomic mass is 32.2. The van der Waals surface area contributed by atoms with E-state index in [1.54, 1.807) is 13.1 Å². The van der Waals surface area contributed by atoms with Crippen molar-refractivity contribution in [2.45, 2.75) is 17.5 Å². The Balaban J connectivity index is 1.40. The second-order valence-corrected chi connectivity index (χ2v) is 10.6. The van der Waals surface area contributed by atoms with Gasteiger partial charge in [0.15, 0.2) is 0 Å². The Hall–Kier alpha value is -2.70. The summed E-state index contributed by atoms with van der Waals surface area (Å²) in [5, 5.41) is 0. The van der Waals surface area contributed by atoms with Crippen LogP contribution in [0.5, 0.6) is 0 Å². The minimum absolute atomic E-state index is 0.0610. The van der Waals surface area contributed by atoms with Crippen LogP contribution in [-0.2, 0) is 34.5 Å². The van der Waals surface area contributed by atoms with Gasteiger partial charge in [0.25, 0.3) is 0 Å². The molecule has 12 heteroatoms. The van der Waals surface area contributed by atoms with E-state index in [1.807, 2.05) is 0 Å². The van der Waals surface area contributed by atoms with Gasteiger partial charge in [0, 0.05) is 33.2 Å². The van der Waals surface area contributed by atoms with E-state index in [0.29, 0.717) is 15.8 Å². The van der Waals surface area contributed by atoms with Crippen LogP contribution in [0.1, 0.15) is 11.1 Å². The molecular weight excluding hydrogens is 479 g/mol. The number of benzene rings is 2. The number of aryl methyl sites for hydroxylation is 1. The van der Waals surface area contributed by atoms with Crippen LogP contribution in [0.15, 0.2) is 52.2 Å². The van der Waals surface area contributed by atoms with Crippen LogP contribution in [0.25, 0.3) is 10.2 Å². The zero-order valence-corrected chi connectivity index (χ0v) is 19.1. The second-order valence-electron chi connectivity index (χ2n) is 7.71. The van der Waals surface area contributed by atoms with E-state index < -0.39 is 21.8 Å². The summed E-state index contributed by atoms with van der Waals surface area (Å²) in [5.41, 5.74) is 0.333. The lowest BCUT2D eigenvalue weighted by Gasteiger charge is -2.34. The molecule has 1 saturated heterocycles. The van der Waals surface area contributed by atoms with Crippen molar-refractivity contribution >= 4 is 37.5 Å². The molecule has 2 heterocycles. The van der Waals surface area contributed by atoms with Crippen LogP contribution >= 0.6 is 11.3 Å². The van der Waals surface area contributed by atoms with Gasteiger partial charge in [0.1, 0.15) is 0 Å². The number of sulfonamides is 1. The predicted molar refractivity (Wildman–Crippen MR) is 118 cm³/mol. The quantitative estimate of drug-likeness (QED) is 0.553. The highest BCUT2D eigenvalue weighted by Crippen LogP contribution is 2.29. The van der Waals surface area contributed by atoms with Crippen LogP contribution < -0.4 is 4.87 Å². The summed E-state index contributed by atoms with van der Waals surface area (Å²) in [6, 6.07) is 8.97. The Morgan fingerprint density at radius 2 is 1.67 bits per heavy atom. The minimum Gasteiger partial charge on any atom is -0.340 e. The average Bonchev–Trinajstić information content (AvgIpc) is 3.06. The van der Waals surface area contributed by atoms with Gasteiger partial charge in [0.05, 0.1) is 27.1 Å². The van der Waals surface area contributed by atoms with Crippen LogP contribution in [0, 0.1) is 0 Å². The van der Waals surface area contributed by atoms with Crippen molar-refractivity contribution in [2.75, 3.05) is 26.2 Å². The zero-order valence-electron chi connectivity index (χ0n) is 17.5. The number of hydrogen-bond acceptors (Lipinski definition) is 5. The largest absolute Gasteiger partial charge is 0.416 e. The van der Waals surface area contributed by atoms with E-state index in [-0.39, 0.29) is 48.3 Å². The van der Waals surface area contributed by atoms with Gasteiger partial charge >= 0.3 is 11.0 Å². The van der Waals surface area contributed by atoms with Gasteiger partial charge in [-0.15, -0.1) is 0 Å². The van der Waals surface area contributed by atoms with Crippen molar-refractivity contribution in [1.29, 1.82) is 0 Å². The Labute approximate surface area is 191 Å².